The Labute approximate surface area is 128 Å². The first-order valence-electron chi connectivity index (χ1n) is 7.07. The minimum absolute atomic E-state index is 0.530. The summed E-state index contributed by atoms with van der Waals surface area (Å²) in [5.41, 5.74) is 2.33. The second-order valence-electron chi connectivity index (χ2n) is 5.21. The van der Waals surface area contributed by atoms with Gasteiger partial charge in [0.1, 0.15) is 0 Å². The second-order valence-corrected chi connectivity index (χ2v) is 6.16. The maximum absolute atomic E-state index is 4.24. The highest BCUT2D eigenvalue weighted by atomic mass is 32.1. The lowest BCUT2D eigenvalue weighted by Gasteiger charge is -2.12. The number of nitrogens with zero attached hydrogens (tertiary/aromatic N) is 3. The van der Waals surface area contributed by atoms with Crippen LogP contribution in [0.2, 0.25) is 0 Å². The third kappa shape index (κ3) is 3.59. The summed E-state index contributed by atoms with van der Waals surface area (Å²) in [4.78, 5) is 1.23. The molecule has 0 aliphatic heterocycles. The zero-order valence-corrected chi connectivity index (χ0v) is 12.8. The summed E-state index contributed by atoms with van der Waals surface area (Å²) in [6.45, 7) is 4.94. The van der Waals surface area contributed by atoms with Crippen LogP contribution >= 0.6 is 11.3 Å². The highest BCUT2D eigenvalue weighted by Gasteiger charge is 2.09. The zero-order chi connectivity index (χ0) is 14.5. The average Bonchev–Trinajstić information content (AvgIpc) is 3.20. The first-order valence-corrected chi connectivity index (χ1v) is 7.95. The Hall–Kier alpha value is -1.92. The minimum Gasteiger partial charge on any atom is -0.312 e. The van der Waals surface area contributed by atoms with Crippen LogP contribution in [0.1, 0.15) is 12.5 Å². The number of H-pyrrole nitrogens is 1. The first kappa shape index (κ1) is 14.0. The summed E-state index contributed by atoms with van der Waals surface area (Å²) < 4.78 is 1.97. The van der Waals surface area contributed by atoms with Gasteiger partial charge >= 0.3 is 0 Å². The van der Waals surface area contributed by atoms with Gasteiger partial charge in [0, 0.05) is 31.0 Å². The SMILES string of the molecule is CC(CNCc1cn[nH]c1-c1cccs1)Cn1cccn1. The Balaban J connectivity index is 1.51. The molecule has 0 aromatic carbocycles. The zero-order valence-electron chi connectivity index (χ0n) is 12.0. The van der Waals surface area contributed by atoms with E-state index in [-0.39, 0.29) is 0 Å². The van der Waals surface area contributed by atoms with Crippen molar-refractivity contribution >= 4 is 11.3 Å². The number of aromatic nitrogens is 4. The fraction of sp³-hybridized carbons (Fsp3) is 0.333. The van der Waals surface area contributed by atoms with Crippen molar-refractivity contribution in [2.75, 3.05) is 6.54 Å². The molecular formula is C15H19N5S. The number of nitrogens with one attached hydrogen (secondary N) is 2. The molecule has 21 heavy (non-hydrogen) atoms. The summed E-state index contributed by atoms with van der Waals surface area (Å²) >= 11 is 1.73. The molecule has 0 bridgehead atoms. The number of aromatic amines is 1. The predicted molar refractivity (Wildman–Crippen MR) is 85.0 cm³/mol. The molecule has 3 rings (SSSR count). The predicted octanol–water partition coefficient (Wildman–Crippen LogP) is 2.76. The molecular weight excluding hydrogens is 282 g/mol. The quantitative estimate of drug-likeness (QED) is 0.705. The Bertz CT molecular complexity index is 641. The standard InChI is InChI=1S/C15H19N5S/c1-12(11-20-6-3-5-18-20)8-16-9-13-10-17-19-15(13)14-4-2-7-21-14/h2-7,10,12,16H,8-9,11H2,1H3,(H,17,19). The first-order chi connectivity index (χ1) is 10.3. The minimum atomic E-state index is 0.530. The summed E-state index contributed by atoms with van der Waals surface area (Å²) in [5, 5.41) is 17.1. The summed E-state index contributed by atoms with van der Waals surface area (Å²) in [7, 11) is 0. The van der Waals surface area contributed by atoms with Crippen LogP contribution in [0.3, 0.4) is 0 Å². The molecule has 2 N–H and O–H groups in total. The summed E-state index contributed by atoms with van der Waals surface area (Å²) in [6, 6.07) is 6.13. The van der Waals surface area contributed by atoms with Gasteiger partial charge in [0.25, 0.3) is 0 Å². The molecule has 1 atom stereocenters. The Morgan fingerprint density at radius 2 is 2.38 bits per heavy atom. The van der Waals surface area contributed by atoms with Gasteiger partial charge in [0.2, 0.25) is 0 Å². The third-order valence-corrected chi connectivity index (χ3v) is 4.24. The lowest BCUT2D eigenvalue weighted by atomic mass is 10.1. The lowest BCUT2D eigenvalue weighted by Crippen LogP contribution is -2.24. The van der Waals surface area contributed by atoms with Crippen molar-refractivity contribution in [2.45, 2.75) is 20.0 Å². The molecule has 0 saturated carbocycles. The Morgan fingerprint density at radius 3 is 3.14 bits per heavy atom. The van der Waals surface area contributed by atoms with E-state index in [2.05, 4.69) is 45.0 Å². The lowest BCUT2D eigenvalue weighted by molar-refractivity contribution is 0.422. The van der Waals surface area contributed by atoms with Crippen molar-refractivity contribution in [1.82, 2.24) is 25.3 Å². The fourth-order valence-corrected chi connectivity index (χ4v) is 3.08. The molecule has 6 heteroatoms. The topological polar surface area (TPSA) is 58.5 Å². The van der Waals surface area contributed by atoms with Crippen molar-refractivity contribution in [2.24, 2.45) is 5.92 Å². The molecule has 0 aliphatic rings. The van der Waals surface area contributed by atoms with Crippen molar-refractivity contribution in [3.63, 3.8) is 0 Å². The normalized spacial score (nSPS) is 12.6. The van der Waals surface area contributed by atoms with Crippen LogP contribution in [0.25, 0.3) is 10.6 Å². The van der Waals surface area contributed by atoms with Gasteiger partial charge in [-0.3, -0.25) is 9.78 Å². The van der Waals surface area contributed by atoms with Crippen molar-refractivity contribution in [3.8, 4) is 10.6 Å². The van der Waals surface area contributed by atoms with Crippen molar-refractivity contribution in [3.05, 3.63) is 47.7 Å². The Kier molecular flexibility index (Phi) is 4.47. The number of hydrogen-bond donors (Lipinski definition) is 2. The molecule has 5 nitrogen and oxygen atoms in total. The van der Waals surface area contributed by atoms with Crippen LogP contribution in [0.5, 0.6) is 0 Å². The summed E-state index contributed by atoms with van der Waals surface area (Å²) in [5.74, 6) is 0.530. The van der Waals surface area contributed by atoms with Crippen LogP contribution in [-0.4, -0.2) is 26.5 Å². The smallest absolute Gasteiger partial charge is 0.0794 e. The van der Waals surface area contributed by atoms with E-state index in [9.17, 15) is 0 Å². The molecule has 3 aromatic heterocycles. The van der Waals surface area contributed by atoms with E-state index in [1.807, 2.05) is 29.3 Å². The van der Waals surface area contributed by atoms with Crippen LogP contribution < -0.4 is 5.32 Å². The molecule has 3 heterocycles. The van der Waals surface area contributed by atoms with Gasteiger partial charge in [-0.1, -0.05) is 13.0 Å². The van der Waals surface area contributed by atoms with Gasteiger partial charge in [0.15, 0.2) is 0 Å². The molecule has 0 amide bonds. The van der Waals surface area contributed by atoms with E-state index in [1.165, 1.54) is 10.4 Å². The van der Waals surface area contributed by atoms with Gasteiger partial charge in [-0.2, -0.15) is 10.2 Å². The van der Waals surface area contributed by atoms with E-state index < -0.39 is 0 Å². The molecule has 0 saturated heterocycles. The number of thiophene rings is 1. The van der Waals surface area contributed by atoms with E-state index >= 15 is 0 Å². The molecule has 0 aliphatic carbocycles. The van der Waals surface area contributed by atoms with Crippen molar-refractivity contribution < 1.29 is 0 Å². The molecule has 0 fully saturated rings. The molecule has 1 unspecified atom stereocenters. The fourth-order valence-electron chi connectivity index (χ4n) is 2.32. The van der Waals surface area contributed by atoms with Gasteiger partial charge < -0.3 is 5.32 Å². The highest BCUT2D eigenvalue weighted by molar-refractivity contribution is 7.13. The molecule has 0 radical (unpaired) electrons. The van der Waals surface area contributed by atoms with E-state index in [0.717, 1.165) is 25.3 Å². The summed E-state index contributed by atoms with van der Waals surface area (Å²) in [6.07, 6.45) is 5.72. The molecule has 3 aromatic rings. The van der Waals surface area contributed by atoms with Gasteiger partial charge in [-0.15, -0.1) is 11.3 Å². The maximum Gasteiger partial charge on any atom is 0.0794 e. The molecule has 110 valence electrons. The Morgan fingerprint density at radius 1 is 1.43 bits per heavy atom. The monoisotopic (exact) mass is 301 g/mol. The average molecular weight is 301 g/mol. The second kappa shape index (κ2) is 6.69. The van der Waals surface area contributed by atoms with E-state index in [0.29, 0.717) is 5.92 Å². The van der Waals surface area contributed by atoms with Gasteiger partial charge in [0.05, 0.1) is 16.8 Å². The van der Waals surface area contributed by atoms with Crippen LogP contribution in [-0.2, 0) is 13.1 Å². The maximum atomic E-state index is 4.24. The third-order valence-electron chi connectivity index (χ3n) is 3.35. The van der Waals surface area contributed by atoms with E-state index in [1.54, 1.807) is 11.3 Å². The van der Waals surface area contributed by atoms with Crippen molar-refractivity contribution in [1.29, 1.82) is 0 Å². The van der Waals surface area contributed by atoms with E-state index in [4.69, 9.17) is 0 Å². The van der Waals surface area contributed by atoms with Crippen LogP contribution in [0.4, 0.5) is 0 Å². The number of hydrogen-bond acceptors (Lipinski definition) is 4. The number of rotatable bonds is 7. The van der Waals surface area contributed by atoms with Gasteiger partial charge in [-0.25, -0.2) is 0 Å². The van der Waals surface area contributed by atoms with Crippen LogP contribution in [0, 0.1) is 5.92 Å². The highest BCUT2D eigenvalue weighted by Crippen LogP contribution is 2.25. The largest absolute Gasteiger partial charge is 0.312 e. The van der Waals surface area contributed by atoms with Crippen LogP contribution in [0.15, 0.2) is 42.2 Å². The van der Waals surface area contributed by atoms with Gasteiger partial charge in [-0.05, 0) is 30.0 Å². The molecule has 0 spiro atoms.